The summed E-state index contributed by atoms with van der Waals surface area (Å²) in [4.78, 5) is 4.39. The Morgan fingerprint density at radius 1 is 1.44 bits per heavy atom. The maximum Gasteiger partial charge on any atom is 0.157 e. The zero-order valence-electron chi connectivity index (χ0n) is 8.62. The van der Waals surface area contributed by atoms with Crippen LogP contribution in [0.4, 0.5) is 0 Å². The Hall–Kier alpha value is -1.26. The molecule has 0 bridgehead atoms. The number of fused-ring (bicyclic) bond motifs is 1. The summed E-state index contributed by atoms with van der Waals surface area (Å²) < 4.78 is 0. The Kier molecular flexibility index (Phi) is 3.03. The molecule has 3 nitrogen and oxygen atoms in total. The summed E-state index contributed by atoms with van der Waals surface area (Å²) in [5, 5.41) is 9.71. The number of rotatable bonds is 1. The molecule has 0 radical (unpaired) electrons. The number of amidine groups is 1. The second-order valence-electron chi connectivity index (χ2n) is 3.41. The van der Waals surface area contributed by atoms with Crippen LogP contribution in [0.3, 0.4) is 0 Å². The second-order valence-corrected chi connectivity index (χ2v) is 4.90. The summed E-state index contributed by atoms with van der Waals surface area (Å²) in [5.74, 6) is 0. The van der Waals surface area contributed by atoms with E-state index in [1.54, 1.807) is 0 Å². The smallest absolute Gasteiger partial charge is 0.157 e. The number of hydrogen-bond donors (Lipinski definition) is 2. The summed E-state index contributed by atoms with van der Waals surface area (Å²) in [6.07, 6.45) is 0. The first-order valence-corrected chi connectivity index (χ1v) is 5.84. The van der Waals surface area contributed by atoms with Crippen LogP contribution >= 0.6 is 23.4 Å². The third-order valence-electron chi connectivity index (χ3n) is 2.17. The maximum absolute atomic E-state index is 7.23. The molecule has 0 saturated heterocycles. The van der Waals surface area contributed by atoms with Gasteiger partial charge in [-0.3, -0.25) is 5.41 Å². The molecule has 0 unspecified atom stereocenters. The molecule has 1 aromatic heterocycles. The van der Waals surface area contributed by atoms with E-state index in [1.807, 2.05) is 31.2 Å². The average molecular weight is 252 g/mol. The van der Waals surface area contributed by atoms with Gasteiger partial charge in [0, 0.05) is 10.4 Å². The lowest BCUT2D eigenvalue weighted by Gasteiger charge is -2.05. The molecule has 5 heteroatoms. The molecule has 0 aliphatic heterocycles. The zero-order valence-corrected chi connectivity index (χ0v) is 10.2. The molecule has 0 aliphatic carbocycles. The van der Waals surface area contributed by atoms with E-state index < -0.39 is 0 Å². The number of hydrogen-bond acceptors (Lipinski definition) is 3. The van der Waals surface area contributed by atoms with Crippen molar-refractivity contribution in [1.29, 1.82) is 5.41 Å². The van der Waals surface area contributed by atoms with Crippen LogP contribution in [-0.4, -0.2) is 10.2 Å². The molecule has 1 aromatic carbocycles. The van der Waals surface area contributed by atoms with E-state index in [0.717, 1.165) is 33.3 Å². The number of nitrogens with two attached hydrogens (primary N) is 1. The summed E-state index contributed by atoms with van der Waals surface area (Å²) in [7, 11) is 0. The van der Waals surface area contributed by atoms with Gasteiger partial charge in [0.25, 0.3) is 0 Å². The maximum atomic E-state index is 7.23. The van der Waals surface area contributed by atoms with E-state index in [-0.39, 0.29) is 5.17 Å². The number of thioether (sulfide) groups is 1. The van der Waals surface area contributed by atoms with Crippen molar-refractivity contribution in [3.8, 4) is 0 Å². The van der Waals surface area contributed by atoms with Gasteiger partial charge in [-0.15, -0.1) is 0 Å². The fraction of sp³-hybridized carbons (Fsp3) is 0.0909. The van der Waals surface area contributed by atoms with Gasteiger partial charge in [-0.25, -0.2) is 4.98 Å². The van der Waals surface area contributed by atoms with Crippen LogP contribution in [0.5, 0.6) is 0 Å². The van der Waals surface area contributed by atoms with Gasteiger partial charge in [0.05, 0.1) is 5.52 Å². The third-order valence-corrected chi connectivity index (χ3v) is 3.04. The Morgan fingerprint density at radius 2 is 2.19 bits per heavy atom. The molecule has 0 saturated carbocycles. The molecule has 0 amide bonds. The largest absolute Gasteiger partial charge is 0.378 e. The minimum atomic E-state index is 0.0354. The molecule has 0 fully saturated rings. The molecule has 3 N–H and O–H groups in total. The predicted molar refractivity (Wildman–Crippen MR) is 69.3 cm³/mol. The minimum absolute atomic E-state index is 0.0354. The number of nitrogens with zero attached hydrogens (tertiary/aromatic N) is 1. The van der Waals surface area contributed by atoms with Crippen molar-refractivity contribution >= 4 is 39.4 Å². The molecule has 1 heterocycles. The molecule has 0 aliphatic rings. The summed E-state index contributed by atoms with van der Waals surface area (Å²) in [5.41, 5.74) is 7.26. The number of pyridine rings is 1. The first kappa shape index (κ1) is 11.2. The Balaban J connectivity index is 2.60. The van der Waals surface area contributed by atoms with Crippen LogP contribution < -0.4 is 5.73 Å². The lowest BCUT2D eigenvalue weighted by molar-refractivity contribution is 1.17. The first-order valence-electron chi connectivity index (χ1n) is 4.65. The van der Waals surface area contributed by atoms with E-state index in [9.17, 15) is 0 Å². The van der Waals surface area contributed by atoms with Gasteiger partial charge in [-0.05, 0) is 42.4 Å². The van der Waals surface area contributed by atoms with Gasteiger partial charge < -0.3 is 5.73 Å². The fourth-order valence-corrected chi connectivity index (χ4v) is 2.28. The van der Waals surface area contributed by atoms with Crippen LogP contribution in [0.15, 0.2) is 29.3 Å². The minimum Gasteiger partial charge on any atom is -0.378 e. The lowest BCUT2D eigenvalue weighted by Crippen LogP contribution is -2.03. The molecular weight excluding hydrogens is 242 g/mol. The molecule has 2 rings (SSSR count). The van der Waals surface area contributed by atoms with Crippen LogP contribution in [-0.2, 0) is 0 Å². The van der Waals surface area contributed by atoms with Crippen molar-refractivity contribution in [3.05, 3.63) is 34.9 Å². The topological polar surface area (TPSA) is 62.8 Å². The van der Waals surface area contributed by atoms with Gasteiger partial charge >= 0.3 is 0 Å². The highest BCUT2D eigenvalue weighted by molar-refractivity contribution is 8.13. The van der Waals surface area contributed by atoms with Crippen LogP contribution in [0.1, 0.15) is 5.56 Å². The van der Waals surface area contributed by atoms with E-state index in [1.165, 1.54) is 0 Å². The first-order chi connectivity index (χ1) is 7.56. The van der Waals surface area contributed by atoms with E-state index in [4.69, 9.17) is 22.7 Å². The Bertz CT molecular complexity index is 568. The second kappa shape index (κ2) is 4.31. The zero-order chi connectivity index (χ0) is 11.7. The van der Waals surface area contributed by atoms with Crippen molar-refractivity contribution in [2.24, 2.45) is 5.73 Å². The molecule has 0 spiro atoms. The van der Waals surface area contributed by atoms with E-state index in [0.29, 0.717) is 5.02 Å². The number of aromatic nitrogens is 1. The van der Waals surface area contributed by atoms with E-state index in [2.05, 4.69) is 4.98 Å². The van der Waals surface area contributed by atoms with Crippen LogP contribution in [0, 0.1) is 12.3 Å². The van der Waals surface area contributed by atoms with Crippen molar-refractivity contribution in [1.82, 2.24) is 4.98 Å². The van der Waals surface area contributed by atoms with Crippen LogP contribution in [0.2, 0.25) is 5.02 Å². The van der Waals surface area contributed by atoms with Crippen molar-refractivity contribution in [2.45, 2.75) is 11.9 Å². The number of benzene rings is 1. The third kappa shape index (κ3) is 2.28. The Morgan fingerprint density at radius 3 is 2.88 bits per heavy atom. The number of halogens is 1. The highest BCUT2D eigenvalue weighted by atomic mass is 35.5. The summed E-state index contributed by atoms with van der Waals surface area (Å²) in [6, 6.07) is 7.52. The number of aryl methyl sites for hydroxylation is 1. The fourth-order valence-electron chi connectivity index (χ4n) is 1.51. The summed E-state index contributed by atoms with van der Waals surface area (Å²) >= 11 is 7.06. The molecule has 0 atom stereocenters. The van der Waals surface area contributed by atoms with Gasteiger partial charge in [0.15, 0.2) is 5.17 Å². The Labute approximate surface area is 103 Å². The monoisotopic (exact) mass is 251 g/mol. The highest BCUT2D eigenvalue weighted by Crippen LogP contribution is 2.25. The number of nitrogens with one attached hydrogen (secondary N) is 1. The van der Waals surface area contributed by atoms with Crippen molar-refractivity contribution in [3.63, 3.8) is 0 Å². The van der Waals surface area contributed by atoms with Gasteiger partial charge in [0.2, 0.25) is 0 Å². The van der Waals surface area contributed by atoms with Crippen molar-refractivity contribution in [2.75, 3.05) is 0 Å². The standard InChI is InChI=1S/C11H10ClN3S/c1-6-4-10(16-11(13)14)15-9-5-7(12)2-3-8(6)9/h2-5H,1H3,(H3,13,14). The SMILES string of the molecule is Cc1cc(SC(=N)N)nc2cc(Cl)ccc12. The predicted octanol–water partition coefficient (Wildman–Crippen LogP) is 3.18. The molecule has 16 heavy (non-hydrogen) atoms. The van der Waals surface area contributed by atoms with Gasteiger partial charge in [-0.1, -0.05) is 17.7 Å². The normalized spacial score (nSPS) is 10.6. The quantitative estimate of drug-likeness (QED) is 0.465. The lowest BCUT2D eigenvalue weighted by atomic mass is 10.1. The van der Waals surface area contributed by atoms with Crippen molar-refractivity contribution < 1.29 is 0 Å². The molecule has 82 valence electrons. The summed E-state index contributed by atoms with van der Waals surface area (Å²) in [6.45, 7) is 2.00. The molecular formula is C11H10ClN3S. The molecule has 2 aromatic rings. The van der Waals surface area contributed by atoms with E-state index >= 15 is 0 Å². The van der Waals surface area contributed by atoms with Gasteiger partial charge in [0.1, 0.15) is 5.03 Å². The highest BCUT2D eigenvalue weighted by Gasteiger charge is 2.05. The van der Waals surface area contributed by atoms with Gasteiger partial charge in [-0.2, -0.15) is 0 Å². The van der Waals surface area contributed by atoms with Crippen LogP contribution in [0.25, 0.3) is 10.9 Å². The average Bonchev–Trinajstić information content (AvgIpc) is 2.15.